The number of rotatable bonds is 3. The number of likely N-dealkylation sites (N-methyl/N-ethyl adjacent to an activating group) is 1. The summed E-state index contributed by atoms with van der Waals surface area (Å²) in [7, 11) is 2.01. The normalized spacial score (nSPS) is 20.3. The Balaban J connectivity index is 1.87. The molecular weight excluding hydrogens is 281 g/mol. The zero-order valence-corrected chi connectivity index (χ0v) is 11.9. The minimum Gasteiger partial charge on any atom is -0.352 e. The Labute approximate surface area is 122 Å². The van der Waals surface area contributed by atoms with Gasteiger partial charge in [-0.25, -0.2) is 0 Å². The van der Waals surface area contributed by atoms with Crippen LogP contribution in [0.5, 0.6) is 0 Å². The number of hydrogen-bond acceptors (Lipinski definition) is 2. The van der Waals surface area contributed by atoms with Gasteiger partial charge in [0.1, 0.15) is 0 Å². The van der Waals surface area contributed by atoms with Crippen LogP contribution in [0, 0.1) is 0 Å². The van der Waals surface area contributed by atoms with E-state index in [4.69, 9.17) is 0 Å². The second-order valence-corrected chi connectivity index (χ2v) is 5.54. The van der Waals surface area contributed by atoms with E-state index < -0.39 is 11.7 Å². The Morgan fingerprint density at radius 1 is 1.33 bits per heavy atom. The maximum Gasteiger partial charge on any atom is 0.416 e. The standard InChI is InChI=1S/C15H19F3N2O/c1-20-8-2-3-13(10-20)19-14(21)9-11-4-6-12(7-5-11)15(16,17)18/h4-7,13H,2-3,8-10H2,1H3,(H,19,21)/t13-/m0/s1. The fraction of sp³-hybridized carbons (Fsp3) is 0.533. The van der Waals surface area contributed by atoms with Crippen LogP contribution in [0.15, 0.2) is 24.3 Å². The number of alkyl halides is 3. The average Bonchev–Trinajstić information content (AvgIpc) is 2.38. The van der Waals surface area contributed by atoms with E-state index in [-0.39, 0.29) is 18.4 Å². The maximum absolute atomic E-state index is 12.4. The molecule has 1 fully saturated rings. The number of carbonyl (C=O) groups excluding carboxylic acids is 1. The Morgan fingerprint density at radius 3 is 2.57 bits per heavy atom. The molecule has 0 unspecified atom stereocenters. The summed E-state index contributed by atoms with van der Waals surface area (Å²) in [5.41, 5.74) is -0.106. The zero-order chi connectivity index (χ0) is 15.5. The molecule has 1 saturated heterocycles. The van der Waals surface area contributed by atoms with Crippen LogP contribution >= 0.6 is 0 Å². The fourth-order valence-electron chi connectivity index (χ4n) is 2.56. The highest BCUT2D eigenvalue weighted by Crippen LogP contribution is 2.29. The Bertz CT molecular complexity index is 485. The Kier molecular flexibility index (Phi) is 4.88. The van der Waals surface area contributed by atoms with Gasteiger partial charge in [0.05, 0.1) is 12.0 Å². The van der Waals surface area contributed by atoms with Crippen molar-refractivity contribution in [3.05, 3.63) is 35.4 Å². The molecule has 116 valence electrons. The summed E-state index contributed by atoms with van der Waals surface area (Å²) in [4.78, 5) is 14.1. The summed E-state index contributed by atoms with van der Waals surface area (Å²) >= 11 is 0. The first-order valence-corrected chi connectivity index (χ1v) is 6.98. The number of hydrogen-bond donors (Lipinski definition) is 1. The lowest BCUT2D eigenvalue weighted by Gasteiger charge is -2.30. The zero-order valence-electron chi connectivity index (χ0n) is 11.9. The molecule has 1 atom stereocenters. The molecule has 6 heteroatoms. The van der Waals surface area contributed by atoms with Crippen molar-refractivity contribution in [1.29, 1.82) is 0 Å². The molecule has 0 aliphatic carbocycles. The Hall–Kier alpha value is -1.56. The first-order chi connectivity index (χ1) is 9.84. The lowest BCUT2D eigenvalue weighted by molar-refractivity contribution is -0.137. The highest BCUT2D eigenvalue weighted by molar-refractivity contribution is 5.78. The molecule has 1 amide bonds. The van der Waals surface area contributed by atoms with Gasteiger partial charge in [0, 0.05) is 12.6 Å². The second-order valence-electron chi connectivity index (χ2n) is 5.54. The van der Waals surface area contributed by atoms with E-state index >= 15 is 0 Å². The third kappa shape index (κ3) is 4.74. The summed E-state index contributed by atoms with van der Waals surface area (Å²) < 4.78 is 37.3. The van der Waals surface area contributed by atoms with Crippen LogP contribution in [0.3, 0.4) is 0 Å². The monoisotopic (exact) mass is 300 g/mol. The molecule has 2 rings (SSSR count). The average molecular weight is 300 g/mol. The molecule has 1 N–H and O–H groups in total. The number of likely N-dealkylation sites (tertiary alicyclic amines) is 1. The second kappa shape index (κ2) is 6.47. The molecule has 1 aliphatic rings. The number of carbonyl (C=O) groups is 1. The number of benzene rings is 1. The summed E-state index contributed by atoms with van der Waals surface area (Å²) in [5.74, 6) is -0.143. The van der Waals surface area contributed by atoms with E-state index in [9.17, 15) is 18.0 Å². The summed E-state index contributed by atoms with van der Waals surface area (Å²) in [6.07, 6.45) is -2.24. The molecule has 1 aromatic rings. The smallest absolute Gasteiger partial charge is 0.352 e. The minimum absolute atomic E-state index is 0.109. The van der Waals surface area contributed by atoms with Crippen molar-refractivity contribution in [2.24, 2.45) is 0 Å². The molecule has 0 saturated carbocycles. The number of halogens is 3. The van der Waals surface area contributed by atoms with Crippen LogP contribution < -0.4 is 5.32 Å². The van der Waals surface area contributed by atoms with E-state index in [0.29, 0.717) is 5.56 Å². The van der Waals surface area contributed by atoms with E-state index in [1.807, 2.05) is 7.05 Å². The van der Waals surface area contributed by atoms with Gasteiger partial charge in [-0.05, 0) is 44.1 Å². The van der Waals surface area contributed by atoms with E-state index in [2.05, 4.69) is 10.2 Å². The maximum atomic E-state index is 12.4. The van der Waals surface area contributed by atoms with E-state index in [1.165, 1.54) is 12.1 Å². The molecule has 0 radical (unpaired) electrons. The first kappa shape index (κ1) is 15.8. The summed E-state index contributed by atoms with van der Waals surface area (Å²) in [6, 6.07) is 4.87. The van der Waals surface area contributed by atoms with Gasteiger partial charge >= 0.3 is 6.18 Å². The third-order valence-electron chi connectivity index (χ3n) is 3.64. The van der Waals surface area contributed by atoms with Crippen molar-refractivity contribution in [3.8, 4) is 0 Å². The van der Waals surface area contributed by atoms with Gasteiger partial charge in [-0.3, -0.25) is 4.79 Å². The van der Waals surface area contributed by atoms with E-state index in [1.54, 1.807) is 0 Å². The summed E-state index contributed by atoms with van der Waals surface area (Å²) in [6.45, 7) is 1.85. The third-order valence-corrected chi connectivity index (χ3v) is 3.64. The van der Waals surface area contributed by atoms with Crippen LogP contribution in [-0.4, -0.2) is 37.0 Å². The molecule has 0 spiro atoms. The van der Waals surface area contributed by atoms with E-state index in [0.717, 1.165) is 38.1 Å². The van der Waals surface area contributed by atoms with Crippen molar-refractivity contribution in [2.45, 2.75) is 31.5 Å². The van der Waals surface area contributed by atoms with Crippen LogP contribution in [0.4, 0.5) is 13.2 Å². The largest absolute Gasteiger partial charge is 0.416 e. The number of nitrogens with one attached hydrogen (secondary N) is 1. The SMILES string of the molecule is CN1CCC[C@H](NC(=O)Cc2ccc(C(F)(F)F)cc2)C1. The van der Waals surface area contributed by atoms with Gasteiger partial charge in [0.25, 0.3) is 0 Å². The minimum atomic E-state index is -4.34. The molecule has 1 aromatic carbocycles. The number of amides is 1. The number of piperidine rings is 1. The van der Waals surface area contributed by atoms with Gasteiger partial charge < -0.3 is 10.2 Å². The quantitative estimate of drug-likeness (QED) is 0.930. The molecule has 1 heterocycles. The molecule has 0 bridgehead atoms. The van der Waals surface area contributed by atoms with Crippen molar-refractivity contribution in [3.63, 3.8) is 0 Å². The topological polar surface area (TPSA) is 32.3 Å². The molecular formula is C15H19F3N2O. The van der Waals surface area contributed by atoms with Crippen molar-refractivity contribution >= 4 is 5.91 Å². The van der Waals surface area contributed by atoms with Crippen molar-refractivity contribution in [2.75, 3.05) is 20.1 Å². The van der Waals surface area contributed by atoms with Crippen molar-refractivity contribution < 1.29 is 18.0 Å². The van der Waals surface area contributed by atoms with Gasteiger partial charge in [0.2, 0.25) is 5.91 Å². The van der Waals surface area contributed by atoms with Gasteiger partial charge in [0.15, 0.2) is 0 Å². The molecule has 1 aliphatic heterocycles. The molecule has 21 heavy (non-hydrogen) atoms. The lowest BCUT2D eigenvalue weighted by Crippen LogP contribution is -2.46. The highest BCUT2D eigenvalue weighted by Gasteiger charge is 2.30. The van der Waals surface area contributed by atoms with Crippen LogP contribution in [-0.2, 0) is 17.4 Å². The van der Waals surface area contributed by atoms with Crippen LogP contribution in [0.25, 0.3) is 0 Å². The molecule has 3 nitrogen and oxygen atoms in total. The predicted octanol–water partition coefficient (Wildman–Crippen LogP) is 2.46. The first-order valence-electron chi connectivity index (χ1n) is 6.98. The predicted molar refractivity (Wildman–Crippen MR) is 73.8 cm³/mol. The van der Waals surface area contributed by atoms with Gasteiger partial charge in [-0.2, -0.15) is 13.2 Å². The van der Waals surface area contributed by atoms with Gasteiger partial charge in [-0.15, -0.1) is 0 Å². The number of nitrogens with zero attached hydrogens (tertiary/aromatic N) is 1. The Morgan fingerprint density at radius 2 is 2.00 bits per heavy atom. The van der Waals surface area contributed by atoms with Gasteiger partial charge in [-0.1, -0.05) is 12.1 Å². The highest BCUT2D eigenvalue weighted by atomic mass is 19.4. The fourth-order valence-corrected chi connectivity index (χ4v) is 2.56. The lowest BCUT2D eigenvalue weighted by atomic mass is 10.0. The van der Waals surface area contributed by atoms with Crippen LogP contribution in [0.1, 0.15) is 24.0 Å². The van der Waals surface area contributed by atoms with Crippen molar-refractivity contribution in [1.82, 2.24) is 10.2 Å². The van der Waals surface area contributed by atoms with Crippen LogP contribution in [0.2, 0.25) is 0 Å². The summed E-state index contributed by atoms with van der Waals surface area (Å²) in [5, 5.41) is 2.94. The molecule has 0 aromatic heterocycles.